The molecule has 0 spiro atoms. The molecule has 1 aromatic heterocycles. The van der Waals surface area contributed by atoms with Gasteiger partial charge < -0.3 is 24.5 Å². The summed E-state index contributed by atoms with van der Waals surface area (Å²) in [5.74, 6) is 0.318. The van der Waals surface area contributed by atoms with Crippen molar-refractivity contribution in [1.82, 2.24) is 0 Å². The van der Waals surface area contributed by atoms with E-state index in [9.17, 15) is 9.59 Å². The highest BCUT2D eigenvalue weighted by Gasteiger charge is 2.25. The molecule has 0 saturated carbocycles. The van der Waals surface area contributed by atoms with E-state index in [2.05, 4.69) is 10.6 Å². The zero-order chi connectivity index (χ0) is 25.9. The lowest BCUT2D eigenvalue weighted by atomic mass is 9.88. The quantitative estimate of drug-likeness (QED) is 0.262. The standard InChI is InChI=1S/C31H24N2O5/c34-28(18-24(20-9-3-1-4-10-20)21-11-5-2-6-12-21)33-29-23-13-7-8-14-25(23)38-30(29)31(35)32-22-15-16-26-27(17-22)37-19-36-26/h1-17,24H,18-19H2,(H,32,35)(H,33,34). The summed E-state index contributed by atoms with van der Waals surface area (Å²) in [4.78, 5) is 26.8. The molecule has 5 aromatic rings. The van der Waals surface area contributed by atoms with Crippen molar-refractivity contribution in [2.24, 2.45) is 0 Å². The maximum Gasteiger partial charge on any atom is 0.293 e. The number of para-hydroxylation sites is 1. The van der Waals surface area contributed by atoms with E-state index >= 15 is 0 Å². The van der Waals surface area contributed by atoms with Crippen LogP contribution in [0.25, 0.3) is 11.0 Å². The fraction of sp³-hybridized carbons (Fsp3) is 0.0968. The molecular formula is C31H24N2O5. The number of nitrogens with one attached hydrogen (secondary N) is 2. The van der Waals surface area contributed by atoms with Gasteiger partial charge in [0.2, 0.25) is 18.5 Å². The van der Waals surface area contributed by atoms with E-state index in [1.165, 1.54) is 0 Å². The first-order chi connectivity index (χ1) is 18.7. The highest BCUT2D eigenvalue weighted by Crippen LogP contribution is 2.36. The van der Waals surface area contributed by atoms with Gasteiger partial charge in [0.25, 0.3) is 5.91 Å². The molecule has 38 heavy (non-hydrogen) atoms. The Morgan fingerprint density at radius 3 is 2.13 bits per heavy atom. The minimum atomic E-state index is -0.488. The van der Waals surface area contributed by atoms with Crippen LogP contribution in [0.3, 0.4) is 0 Å². The van der Waals surface area contributed by atoms with Crippen molar-refractivity contribution in [2.45, 2.75) is 12.3 Å². The number of benzene rings is 4. The van der Waals surface area contributed by atoms with Crippen molar-refractivity contribution >= 4 is 34.2 Å². The number of furan rings is 1. The first kappa shape index (κ1) is 23.4. The van der Waals surface area contributed by atoms with Gasteiger partial charge in [0.05, 0.1) is 0 Å². The zero-order valence-corrected chi connectivity index (χ0v) is 20.3. The van der Waals surface area contributed by atoms with E-state index < -0.39 is 5.91 Å². The molecule has 1 aliphatic rings. The lowest BCUT2D eigenvalue weighted by Crippen LogP contribution is -2.19. The Balaban J connectivity index is 1.28. The van der Waals surface area contributed by atoms with Gasteiger partial charge in [0.15, 0.2) is 11.5 Å². The summed E-state index contributed by atoms with van der Waals surface area (Å²) >= 11 is 0. The zero-order valence-electron chi connectivity index (χ0n) is 20.3. The van der Waals surface area contributed by atoms with Crippen LogP contribution in [0.5, 0.6) is 11.5 Å². The summed E-state index contributed by atoms with van der Waals surface area (Å²) in [6.07, 6.45) is 0.191. The molecule has 0 bridgehead atoms. The monoisotopic (exact) mass is 504 g/mol. The van der Waals surface area contributed by atoms with Gasteiger partial charge in [-0.3, -0.25) is 9.59 Å². The average Bonchev–Trinajstić information content (AvgIpc) is 3.57. The Kier molecular flexibility index (Phi) is 6.24. The Labute approximate surface area is 219 Å². The second-order valence-corrected chi connectivity index (χ2v) is 8.95. The van der Waals surface area contributed by atoms with Crippen LogP contribution in [0.2, 0.25) is 0 Å². The minimum Gasteiger partial charge on any atom is -0.454 e. The van der Waals surface area contributed by atoms with Crippen molar-refractivity contribution in [1.29, 1.82) is 0 Å². The normalized spacial score (nSPS) is 12.0. The van der Waals surface area contributed by atoms with E-state index in [0.29, 0.717) is 33.8 Å². The number of carbonyl (C=O) groups is 2. The van der Waals surface area contributed by atoms with Crippen LogP contribution in [-0.4, -0.2) is 18.6 Å². The Hall–Kier alpha value is -5.04. The molecule has 2 amide bonds. The average molecular weight is 505 g/mol. The van der Waals surface area contributed by atoms with Gasteiger partial charge in [-0.05, 0) is 35.4 Å². The highest BCUT2D eigenvalue weighted by atomic mass is 16.7. The van der Waals surface area contributed by atoms with Crippen LogP contribution in [0, 0.1) is 0 Å². The number of hydrogen-bond donors (Lipinski definition) is 2. The smallest absolute Gasteiger partial charge is 0.293 e. The number of anilines is 2. The van der Waals surface area contributed by atoms with Crippen molar-refractivity contribution in [2.75, 3.05) is 17.4 Å². The molecule has 0 unspecified atom stereocenters. The number of ether oxygens (including phenoxy) is 2. The molecule has 4 aromatic carbocycles. The van der Waals surface area contributed by atoms with Crippen LogP contribution in [-0.2, 0) is 4.79 Å². The summed E-state index contributed by atoms with van der Waals surface area (Å²) < 4.78 is 16.7. The highest BCUT2D eigenvalue weighted by molar-refractivity contribution is 6.14. The van der Waals surface area contributed by atoms with Crippen LogP contribution in [0.1, 0.15) is 34.0 Å². The molecular weight excluding hydrogens is 480 g/mol. The second-order valence-electron chi connectivity index (χ2n) is 8.95. The first-order valence-electron chi connectivity index (χ1n) is 12.3. The Morgan fingerprint density at radius 2 is 1.39 bits per heavy atom. The molecule has 0 saturated heterocycles. The maximum atomic E-state index is 13.5. The van der Waals surface area contributed by atoms with Crippen LogP contribution >= 0.6 is 0 Å². The third-order valence-corrected chi connectivity index (χ3v) is 6.49. The predicted molar refractivity (Wildman–Crippen MR) is 145 cm³/mol. The molecule has 0 radical (unpaired) electrons. The number of amides is 2. The summed E-state index contributed by atoms with van der Waals surface area (Å²) in [6.45, 7) is 0.138. The second kappa shape index (κ2) is 10.1. The number of carbonyl (C=O) groups excluding carboxylic acids is 2. The number of rotatable bonds is 7. The van der Waals surface area contributed by atoms with Crippen LogP contribution in [0.15, 0.2) is 108 Å². The summed E-state index contributed by atoms with van der Waals surface area (Å²) in [6, 6.07) is 32.2. The molecule has 2 N–H and O–H groups in total. The van der Waals surface area contributed by atoms with E-state index in [4.69, 9.17) is 13.9 Å². The van der Waals surface area contributed by atoms with Crippen molar-refractivity contribution < 1.29 is 23.5 Å². The largest absolute Gasteiger partial charge is 0.454 e. The van der Waals surface area contributed by atoms with E-state index in [1.54, 1.807) is 24.3 Å². The van der Waals surface area contributed by atoms with Gasteiger partial charge in [0.1, 0.15) is 11.3 Å². The van der Waals surface area contributed by atoms with Crippen molar-refractivity contribution in [3.8, 4) is 11.5 Å². The van der Waals surface area contributed by atoms with Gasteiger partial charge in [-0.2, -0.15) is 0 Å². The predicted octanol–water partition coefficient (Wildman–Crippen LogP) is 6.57. The molecule has 7 heteroatoms. The summed E-state index contributed by atoms with van der Waals surface area (Å²) in [7, 11) is 0. The fourth-order valence-electron chi connectivity index (χ4n) is 4.67. The Morgan fingerprint density at radius 1 is 0.737 bits per heavy atom. The van der Waals surface area contributed by atoms with E-state index in [-0.39, 0.29) is 30.8 Å². The molecule has 2 heterocycles. The SMILES string of the molecule is O=C(CC(c1ccccc1)c1ccccc1)Nc1c(C(=O)Nc2ccc3c(c2)OCO3)oc2ccccc12. The Bertz CT molecular complexity index is 1570. The molecule has 1 aliphatic heterocycles. The molecule has 6 rings (SSSR count). The van der Waals surface area contributed by atoms with Gasteiger partial charge in [-0.15, -0.1) is 0 Å². The van der Waals surface area contributed by atoms with Crippen molar-refractivity contribution in [3.63, 3.8) is 0 Å². The van der Waals surface area contributed by atoms with Gasteiger partial charge in [-0.25, -0.2) is 0 Å². The maximum absolute atomic E-state index is 13.5. The lowest BCUT2D eigenvalue weighted by molar-refractivity contribution is -0.116. The molecule has 0 atom stereocenters. The summed E-state index contributed by atoms with van der Waals surface area (Å²) in [5.41, 5.74) is 3.42. The van der Waals surface area contributed by atoms with E-state index in [0.717, 1.165) is 11.1 Å². The number of hydrogen-bond acceptors (Lipinski definition) is 5. The van der Waals surface area contributed by atoms with Gasteiger partial charge in [0, 0.05) is 29.5 Å². The van der Waals surface area contributed by atoms with Crippen molar-refractivity contribution in [3.05, 3.63) is 120 Å². The fourth-order valence-corrected chi connectivity index (χ4v) is 4.67. The summed E-state index contributed by atoms with van der Waals surface area (Å²) in [5, 5.41) is 6.46. The van der Waals surface area contributed by atoms with Crippen LogP contribution < -0.4 is 20.1 Å². The lowest BCUT2D eigenvalue weighted by Gasteiger charge is -2.18. The molecule has 188 valence electrons. The molecule has 0 aliphatic carbocycles. The van der Waals surface area contributed by atoms with Crippen LogP contribution in [0.4, 0.5) is 11.4 Å². The first-order valence-corrected chi connectivity index (χ1v) is 12.3. The third kappa shape index (κ3) is 4.69. The van der Waals surface area contributed by atoms with Gasteiger partial charge in [-0.1, -0.05) is 72.8 Å². The number of fused-ring (bicyclic) bond motifs is 2. The minimum absolute atomic E-state index is 0.0215. The molecule has 7 nitrogen and oxygen atoms in total. The van der Waals surface area contributed by atoms with Gasteiger partial charge >= 0.3 is 0 Å². The molecule has 0 fully saturated rings. The van der Waals surface area contributed by atoms with E-state index in [1.807, 2.05) is 78.9 Å². The third-order valence-electron chi connectivity index (χ3n) is 6.49. The topological polar surface area (TPSA) is 89.8 Å².